The number of hydrogen-bond donors (Lipinski definition) is 1. The first-order valence-electron chi connectivity index (χ1n) is 9.49. The Bertz CT molecular complexity index is 926. The van der Waals surface area contributed by atoms with Crippen molar-refractivity contribution in [2.75, 3.05) is 24.5 Å². The van der Waals surface area contributed by atoms with Crippen molar-refractivity contribution in [2.24, 2.45) is 0 Å². The lowest BCUT2D eigenvalue weighted by molar-refractivity contribution is -2.00. The van der Waals surface area contributed by atoms with E-state index >= 15 is 0 Å². The van der Waals surface area contributed by atoms with Crippen LogP contribution in [0.2, 0.25) is 0 Å². The second-order valence-corrected chi connectivity index (χ2v) is 7.57. The van der Waals surface area contributed by atoms with Crippen molar-refractivity contribution in [3.8, 4) is 0 Å². The quantitative estimate of drug-likeness (QED) is 0.579. The van der Waals surface area contributed by atoms with Crippen LogP contribution in [-0.4, -0.2) is 19.6 Å². The van der Waals surface area contributed by atoms with Crippen molar-refractivity contribution in [3.63, 3.8) is 0 Å². The van der Waals surface area contributed by atoms with Gasteiger partial charge in [0.05, 0.1) is 6.54 Å². The second-order valence-electron chi connectivity index (χ2n) is 6.81. The van der Waals surface area contributed by atoms with Gasteiger partial charge in [-0.05, 0) is 29.8 Å². The van der Waals surface area contributed by atoms with Gasteiger partial charge in [-0.15, -0.1) is 10.2 Å². The fraction of sp³-hybridized carbons (Fsp3) is 0.130. The molecule has 0 radical (unpaired) electrons. The molecule has 0 spiro atoms. The van der Waals surface area contributed by atoms with Gasteiger partial charge in [0.2, 0.25) is 0 Å². The summed E-state index contributed by atoms with van der Waals surface area (Å²) >= 11 is 0. The zero-order valence-electron chi connectivity index (χ0n) is 16.3. The van der Waals surface area contributed by atoms with Gasteiger partial charge < -0.3 is 4.90 Å². The summed E-state index contributed by atoms with van der Waals surface area (Å²) in [5.41, 5.74) is 5.30. The van der Waals surface area contributed by atoms with Crippen LogP contribution in [0, 0.1) is 10.2 Å². The van der Waals surface area contributed by atoms with Gasteiger partial charge >= 0.3 is 0 Å². The van der Waals surface area contributed by atoms with Gasteiger partial charge in [-0.2, -0.15) is 0 Å². The molecule has 1 atom stereocenters. The molecule has 1 heterocycles. The van der Waals surface area contributed by atoms with E-state index in [1.54, 1.807) is 0 Å². The zero-order valence-corrected chi connectivity index (χ0v) is 17.1. The van der Waals surface area contributed by atoms with E-state index in [0.29, 0.717) is 0 Å². The van der Waals surface area contributed by atoms with Crippen molar-refractivity contribution < 1.29 is 33.8 Å². The molecule has 30 heavy (non-hydrogen) atoms. The number of nitrogens with one attached hydrogen (secondary N) is 1. The number of hydrogen-bond acceptors (Lipinski definition) is 5. The van der Waals surface area contributed by atoms with E-state index in [0.717, 1.165) is 19.6 Å². The minimum atomic E-state index is -4.94. The Morgan fingerprint density at radius 2 is 1.20 bits per heavy atom. The lowest BCUT2D eigenvalue weighted by Crippen LogP contribution is -3.03. The average molecular weight is 427 g/mol. The van der Waals surface area contributed by atoms with Crippen LogP contribution in [0.1, 0.15) is 5.56 Å². The van der Waals surface area contributed by atoms with Crippen molar-refractivity contribution in [1.82, 2.24) is 0 Å². The minimum absolute atomic E-state index is 0.935. The summed E-state index contributed by atoms with van der Waals surface area (Å²) in [5.74, 6) is 0. The predicted octanol–water partition coefficient (Wildman–Crippen LogP) is -0.992. The SMILES string of the molecule is C1=C(c2ccccc2)CN(c2ccccc2)CC[NH+]1c1ccccc1.[O-][Cl+3]([O-])([O-])[O-]. The second kappa shape index (κ2) is 10.4. The standard InChI is InChI=1S/C23H22N2.ClHO4/c1-4-10-20(11-5-1)21-18-24(22-12-6-2-7-13-22)16-17-25(19-21)23-14-8-3-9-15-23;2-1(3,4)5/h1-15,18H,16-17,19H2;(H,2,3,4,5). The molecule has 0 fully saturated rings. The van der Waals surface area contributed by atoms with E-state index in [9.17, 15) is 0 Å². The van der Waals surface area contributed by atoms with E-state index in [1.165, 1.54) is 27.4 Å². The highest BCUT2D eigenvalue weighted by molar-refractivity contribution is 5.70. The highest BCUT2D eigenvalue weighted by atomic mass is 35.7. The molecule has 6 nitrogen and oxygen atoms in total. The van der Waals surface area contributed by atoms with Crippen LogP contribution < -0.4 is 28.4 Å². The maximum Gasteiger partial charge on any atom is 0.135 e. The van der Waals surface area contributed by atoms with Crippen LogP contribution in [0.5, 0.6) is 0 Å². The lowest BCUT2D eigenvalue weighted by atomic mass is 10.1. The summed E-state index contributed by atoms with van der Waals surface area (Å²) < 4.78 is 34.0. The number of para-hydroxylation sites is 2. The minimum Gasteiger partial charge on any atom is -0.361 e. The van der Waals surface area contributed by atoms with Crippen molar-refractivity contribution in [1.29, 1.82) is 0 Å². The van der Waals surface area contributed by atoms with E-state index in [4.69, 9.17) is 18.6 Å². The first kappa shape index (κ1) is 22.0. The number of quaternary nitrogens is 1. The Morgan fingerprint density at radius 1 is 0.700 bits per heavy atom. The molecule has 1 unspecified atom stereocenters. The van der Waals surface area contributed by atoms with Crippen LogP contribution in [0.3, 0.4) is 0 Å². The largest absolute Gasteiger partial charge is 0.361 e. The Labute approximate surface area is 178 Å². The van der Waals surface area contributed by atoms with Crippen LogP contribution in [0.4, 0.5) is 11.4 Å². The molecular formula is C23H23ClN2O4. The highest BCUT2D eigenvalue weighted by Crippen LogP contribution is 2.21. The lowest BCUT2D eigenvalue weighted by Gasteiger charge is -2.23. The first-order valence-corrected chi connectivity index (χ1v) is 10.7. The first-order chi connectivity index (χ1) is 14.4. The molecule has 0 aromatic heterocycles. The molecule has 0 aliphatic carbocycles. The van der Waals surface area contributed by atoms with Gasteiger partial charge in [0.15, 0.2) is 0 Å². The molecular weight excluding hydrogens is 404 g/mol. The third-order valence-corrected chi connectivity index (χ3v) is 4.77. The van der Waals surface area contributed by atoms with Gasteiger partial charge in [-0.1, -0.05) is 66.7 Å². The van der Waals surface area contributed by atoms with Gasteiger partial charge in [0.25, 0.3) is 0 Å². The van der Waals surface area contributed by atoms with Crippen LogP contribution in [0.25, 0.3) is 5.57 Å². The van der Waals surface area contributed by atoms with E-state index < -0.39 is 10.2 Å². The summed E-state index contributed by atoms with van der Waals surface area (Å²) in [7, 11) is -4.94. The molecule has 1 aliphatic rings. The Morgan fingerprint density at radius 3 is 1.77 bits per heavy atom. The van der Waals surface area contributed by atoms with Gasteiger partial charge in [0.1, 0.15) is 18.4 Å². The number of rotatable bonds is 3. The topological polar surface area (TPSA) is 99.9 Å². The summed E-state index contributed by atoms with van der Waals surface area (Å²) in [6, 6.07) is 32.2. The van der Waals surface area contributed by atoms with Crippen molar-refractivity contribution >= 4 is 16.9 Å². The van der Waals surface area contributed by atoms with E-state index in [-0.39, 0.29) is 0 Å². The molecule has 0 bridgehead atoms. The zero-order chi connectivity index (χ0) is 21.4. The van der Waals surface area contributed by atoms with E-state index in [1.807, 2.05) is 0 Å². The number of benzene rings is 3. The van der Waals surface area contributed by atoms with Crippen LogP contribution >= 0.6 is 0 Å². The van der Waals surface area contributed by atoms with Gasteiger partial charge in [-0.25, -0.2) is 18.6 Å². The maximum atomic E-state index is 8.49. The fourth-order valence-electron chi connectivity index (χ4n) is 3.43. The maximum absolute atomic E-state index is 8.49. The highest BCUT2D eigenvalue weighted by Gasteiger charge is 2.21. The third-order valence-electron chi connectivity index (χ3n) is 4.77. The van der Waals surface area contributed by atoms with Crippen molar-refractivity contribution in [2.45, 2.75) is 0 Å². The molecule has 3 aromatic carbocycles. The fourth-order valence-corrected chi connectivity index (χ4v) is 3.43. The molecule has 4 rings (SSSR count). The summed E-state index contributed by atoms with van der Waals surface area (Å²) in [6.07, 6.45) is 2.40. The molecule has 1 aliphatic heterocycles. The Hall–Kier alpha value is -2.71. The molecule has 3 aromatic rings. The summed E-state index contributed by atoms with van der Waals surface area (Å²) in [5, 5.41) is 0. The normalized spacial score (nSPS) is 16.7. The van der Waals surface area contributed by atoms with Gasteiger partial charge in [-0.3, -0.25) is 4.90 Å². The van der Waals surface area contributed by atoms with Crippen LogP contribution in [0.15, 0.2) is 97.2 Å². The molecule has 156 valence electrons. The average Bonchev–Trinajstić information content (AvgIpc) is 2.98. The molecule has 7 heteroatoms. The molecule has 0 saturated heterocycles. The Balaban J connectivity index is 0.000000461. The summed E-state index contributed by atoms with van der Waals surface area (Å²) in [4.78, 5) is 3.90. The predicted molar refractivity (Wildman–Crippen MR) is 105 cm³/mol. The Kier molecular flexibility index (Phi) is 7.59. The van der Waals surface area contributed by atoms with E-state index in [2.05, 4.69) is 102 Å². The monoisotopic (exact) mass is 426 g/mol. The molecule has 1 N–H and O–H groups in total. The number of anilines is 1. The van der Waals surface area contributed by atoms with Gasteiger partial charge in [0, 0.05) is 17.8 Å². The number of nitrogens with zero attached hydrogens (tertiary/aromatic N) is 1. The smallest absolute Gasteiger partial charge is 0.135 e. The third kappa shape index (κ3) is 6.96. The summed E-state index contributed by atoms with van der Waals surface area (Å²) in [6.45, 7) is 3.01. The number of halogens is 1. The van der Waals surface area contributed by atoms with Crippen LogP contribution in [-0.2, 0) is 0 Å². The van der Waals surface area contributed by atoms with Crippen molar-refractivity contribution in [3.05, 3.63) is 103 Å². The molecule has 0 saturated carbocycles. The molecule has 0 amide bonds.